The molecule has 5 rings (SSSR count). The van der Waals surface area contributed by atoms with Gasteiger partial charge in [-0.25, -0.2) is 13.4 Å². The highest BCUT2D eigenvalue weighted by atomic mass is 32.2. The SMILES string of the molecule is CC(=O)Oc1ccccc1CSc1nc2cc(S(=O)(=O)N3CCOCC3)ccc2n1CC1CCCO1. The van der Waals surface area contributed by atoms with Gasteiger partial charge in [0.15, 0.2) is 5.16 Å². The highest BCUT2D eigenvalue weighted by molar-refractivity contribution is 7.98. The van der Waals surface area contributed by atoms with Gasteiger partial charge in [-0.05, 0) is 37.1 Å². The Labute approximate surface area is 214 Å². The number of fused-ring (bicyclic) bond motifs is 1. The second kappa shape index (κ2) is 10.9. The summed E-state index contributed by atoms with van der Waals surface area (Å²) in [6.45, 7) is 4.25. The summed E-state index contributed by atoms with van der Waals surface area (Å²) in [5.41, 5.74) is 2.37. The van der Waals surface area contributed by atoms with Gasteiger partial charge < -0.3 is 18.8 Å². The van der Waals surface area contributed by atoms with Crippen LogP contribution in [-0.4, -0.2) is 67.3 Å². The monoisotopic (exact) mass is 531 g/mol. The third kappa shape index (κ3) is 5.45. The smallest absolute Gasteiger partial charge is 0.308 e. The molecule has 0 saturated carbocycles. The van der Waals surface area contributed by atoms with Crippen LogP contribution in [0.3, 0.4) is 0 Å². The van der Waals surface area contributed by atoms with Crippen LogP contribution < -0.4 is 4.74 Å². The van der Waals surface area contributed by atoms with Gasteiger partial charge in [-0.1, -0.05) is 30.0 Å². The lowest BCUT2D eigenvalue weighted by Gasteiger charge is -2.26. The molecular weight excluding hydrogens is 502 g/mol. The first-order valence-electron chi connectivity index (χ1n) is 12.0. The number of carbonyl (C=O) groups is 1. The van der Waals surface area contributed by atoms with Gasteiger partial charge in [0.05, 0.1) is 41.8 Å². The molecule has 11 heteroatoms. The zero-order chi connectivity index (χ0) is 25.1. The minimum Gasteiger partial charge on any atom is -0.426 e. The van der Waals surface area contributed by atoms with Crippen molar-refractivity contribution in [1.29, 1.82) is 0 Å². The number of carbonyl (C=O) groups excluding carboxylic acids is 1. The Bertz CT molecular complexity index is 1350. The molecule has 2 fully saturated rings. The lowest BCUT2D eigenvalue weighted by Crippen LogP contribution is -2.40. The maximum atomic E-state index is 13.2. The molecule has 0 aliphatic carbocycles. The summed E-state index contributed by atoms with van der Waals surface area (Å²) >= 11 is 1.52. The molecule has 3 heterocycles. The summed E-state index contributed by atoms with van der Waals surface area (Å²) in [6.07, 6.45) is 2.09. The number of sulfonamides is 1. The molecule has 0 bridgehead atoms. The Morgan fingerprint density at radius 1 is 1.17 bits per heavy atom. The molecule has 0 radical (unpaired) electrons. The molecule has 2 saturated heterocycles. The Morgan fingerprint density at radius 2 is 1.97 bits per heavy atom. The van der Waals surface area contributed by atoms with Crippen LogP contribution in [0.2, 0.25) is 0 Å². The second-order valence-corrected chi connectivity index (χ2v) is 11.7. The molecule has 2 aliphatic rings. The number of esters is 1. The molecule has 0 N–H and O–H groups in total. The van der Waals surface area contributed by atoms with Gasteiger partial charge in [0.1, 0.15) is 5.75 Å². The summed E-state index contributed by atoms with van der Waals surface area (Å²) in [6, 6.07) is 12.6. The van der Waals surface area contributed by atoms with Crippen LogP contribution in [0.1, 0.15) is 25.3 Å². The number of hydrogen-bond donors (Lipinski definition) is 0. The number of nitrogens with zero attached hydrogens (tertiary/aromatic N) is 3. The van der Waals surface area contributed by atoms with Crippen molar-refractivity contribution < 1.29 is 27.4 Å². The maximum Gasteiger partial charge on any atom is 0.308 e. The number of morpholine rings is 1. The highest BCUT2D eigenvalue weighted by Gasteiger charge is 2.28. The quantitative estimate of drug-likeness (QED) is 0.248. The van der Waals surface area contributed by atoms with E-state index in [9.17, 15) is 13.2 Å². The number of imidazole rings is 1. The fourth-order valence-electron chi connectivity index (χ4n) is 4.48. The van der Waals surface area contributed by atoms with Crippen LogP contribution in [0.25, 0.3) is 11.0 Å². The Kier molecular flexibility index (Phi) is 7.63. The van der Waals surface area contributed by atoms with Gasteiger partial charge in [0.25, 0.3) is 0 Å². The number of hydrogen-bond acceptors (Lipinski definition) is 8. The van der Waals surface area contributed by atoms with Gasteiger partial charge in [0, 0.05) is 37.9 Å². The first-order chi connectivity index (χ1) is 17.4. The predicted molar refractivity (Wildman–Crippen MR) is 136 cm³/mol. The van der Waals surface area contributed by atoms with Crippen LogP contribution in [0.4, 0.5) is 0 Å². The number of rotatable bonds is 8. The van der Waals surface area contributed by atoms with E-state index in [0.29, 0.717) is 49.9 Å². The fraction of sp³-hybridized carbons (Fsp3) is 0.440. The highest BCUT2D eigenvalue weighted by Crippen LogP contribution is 2.32. The van der Waals surface area contributed by atoms with E-state index in [4.69, 9.17) is 19.2 Å². The van der Waals surface area contributed by atoms with E-state index in [1.54, 1.807) is 18.2 Å². The van der Waals surface area contributed by atoms with Crippen molar-refractivity contribution >= 4 is 38.8 Å². The van der Waals surface area contributed by atoms with E-state index in [1.165, 1.54) is 23.0 Å². The van der Waals surface area contributed by atoms with E-state index in [2.05, 4.69) is 4.57 Å². The second-order valence-electron chi connectivity index (χ2n) is 8.80. The first kappa shape index (κ1) is 25.2. The summed E-state index contributed by atoms with van der Waals surface area (Å²) in [5, 5.41) is 0.763. The van der Waals surface area contributed by atoms with Crippen LogP contribution >= 0.6 is 11.8 Å². The molecule has 36 heavy (non-hydrogen) atoms. The summed E-state index contributed by atoms with van der Waals surface area (Å²) in [5.74, 6) is 0.697. The van der Waals surface area contributed by atoms with E-state index in [0.717, 1.165) is 35.7 Å². The lowest BCUT2D eigenvalue weighted by molar-refractivity contribution is -0.131. The Balaban J connectivity index is 1.47. The molecule has 9 nitrogen and oxygen atoms in total. The van der Waals surface area contributed by atoms with Gasteiger partial charge in [-0.3, -0.25) is 4.79 Å². The average molecular weight is 532 g/mol. The van der Waals surface area contributed by atoms with Gasteiger partial charge >= 0.3 is 5.97 Å². The van der Waals surface area contributed by atoms with Crippen LogP contribution in [0.15, 0.2) is 52.5 Å². The number of ether oxygens (including phenoxy) is 3. The fourth-order valence-corrected chi connectivity index (χ4v) is 6.93. The van der Waals surface area contributed by atoms with Crippen LogP contribution in [0, 0.1) is 0 Å². The molecule has 2 aliphatic heterocycles. The lowest BCUT2D eigenvalue weighted by atomic mass is 10.2. The van der Waals surface area contributed by atoms with Gasteiger partial charge in [-0.15, -0.1) is 0 Å². The van der Waals surface area contributed by atoms with Crippen molar-refractivity contribution in [1.82, 2.24) is 13.9 Å². The summed E-state index contributed by atoms with van der Waals surface area (Å²) < 4.78 is 46.5. The largest absolute Gasteiger partial charge is 0.426 e. The molecule has 0 amide bonds. The zero-order valence-corrected chi connectivity index (χ0v) is 21.7. The van der Waals surface area contributed by atoms with Crippen molar-refractivity contribution in [3.63, 3.8) is 0 Å². The first-order valence-corrected chi connectivity index (χ1v) is 14.4. The van der Waals surface area contributed by atoms with Crippen molar-refractivity contribution in [2.75, 3.05) is 32.9 Å². The van der Waals surface area contributed by atoms with Crippen LogP contribution in [-0.2, 0) is 36.6 Å². The molecule has 0 spiro atoms. The van der Waals surface area contributed by atoms with Crippen molar-refractivity contribution in [2.24, 2.45) is 0 Å². The number of benzene rings is 2. The molecule has 2 aromatic carbocycles. The summed E-state index contributed by atoms with van der Waals surface area (Å²) in [7, 11) is -3.63. The topological polar surface area (TPSA) is 100.0 Å². The minimum atomic E-state index is -3.63. The third-order valence-electron chi connectivity index (χ3n) is 6.29. The van der Waals surface area contributed by atoms with Crippen molar-refractivity contribution in [3.05, 3.63) is 48.0 Å². The summed E-state index contributed by atoms with van der Waals surface area (Å²) in [4.78, 5) is 16.6. The zero-order valence-electron chi connectivity index (χ0n) is 20.1. The third-order valence-corrected chi connectivity index (χ3v) is 9.21. The molecule has 1 aromatic heterocycles. The van der Waals surface area contributed by atoms with Crippen LogP contribution in [0.5, 0.6) is 5.75 Å². The standard InChI is InChI=1S/C25H29N3O6S2/c1-18(29)34-24-7-3-2-5-19(24)17-35-25-26-22-15-21(36(30,31)27-10-13-32-14-11-27)8-9-23(22)28(25)16-20-6-4-12-33-20/h2-3,5,7-9,15,20H,4,6,10-14,16-17H2,1H3. The maximum absolute atomic E-state index is 13.2. The van der Waals surface area contributed by atoms with Gasteiger partial charge in [-0.2, -0.15) is 4.31 Å². The minimum absolute atomic E-state index is 0.0897. The average Bonchev–Trinajstić information content (AvgIpc) is 3.51. The molecule has 1 unspecified atom stereocenters. The Hall–Kier alpha value is -2.44. The van der Waals surface area contributed by atoms with E-state index in [-0.39, 0.29) is 17.0 Å². The molecule has 192 valence electrons. The van der Waals surface area contributed by atoms with E-state index in [1.807, 2.05) is 24.3 Å². The predicted octanol–water partition coefficient (Wildman–Crippen LogP) is 3.45. The van der Waals surface area contributed by atoms with Crippen molar-refractivity contribution in [3.8, 4) is 5.75 Å². The van der Waals surface area contributed by atoms with E-state index < -0.39 is 10.0 Å². The number of para-hydroxylation sites is 1. The molecule has 1 atom stereocenters. The van der Waals surface area contributed by atoms with E-state index >= 15 is 0 Å². The van der Waals surface area contributed by atoms with Crippen molar-refractivity contribution in [2.45, 2.75) is 48.2 Å². The number of thioether (sulfide) groups is 1. The molecule has 3 aromatic rings. The van der Waals surface area contributed by atoms with Gasteiger partial charge in [0.2, 0.25) is 10.0 Å². The Morgan fingerprint density at radius 3 is 2.72 bits per heavy atom. The number of aromatic nitrogens is 2. The normalized spacial score (nSPS) is 19.1. The molecular formula is C25H29N3O6S2.